The number of nitrogens with one attached hydrogen (secondary N) is 2. The molecule has 1 aromatic carbocycles. The van der Waals surface area contributed by atoms with Crippen molar-refractivity contribution in [1.29, 1.82) is 0 Å². The third kappa shape index (κ3) is 3.21. The number of piperidine rings is 1. The van der Waals surface area contributed by atoms with Crippen LogP contribution in [0.1, 0.15) is 31.4 Å². The Hall–Kier alpha value is -1.13. The maximum atomic E-state index is 13.0. The standard InChI is InChI=1S/C13H16ClFN2O/c1-8(11-4-2-9(15)6-12(11)14)17-10-3-5-13(18)16-7-10/h2,4,6,8,10,17H,3,5,7H2,1H3,(H,16,18). The first kappa shape index (κ1) is 13.3. The van der Waals surface area contributed by atoms with Gasteiger partial charge < -0.3 is 10.6 Å². The topological polar surface area (TPSA) is 41.1 Å². The summed E-state index contributed by atoms with van der Waals surface area (Å²) in [6.07, 6.45) is 1.36. The van der Waals surface area contributed by atoms with Gasteiger partial charge in [-0.1, -0.05) is 17.7 Å². The maximum Gasteiger partial charge on any atom is 0.220 e. The molecule has 1 heterocycles. The zero-order valence-electron chi connectivity index (χ0n) is 10.2. The Kier molecular flexibility index (Phi) is 4.19. The van der Waals surface area contributed by atoms with Crippen molar-refractivity contribution in [2.75, 3.05) is 6.54 Å². The highest BCUT2D eigenvalue weighted by Crippen LogP contribution is 2.24. The van der Waals surface area contributed by atoms with Gasteiger partial charge in [0.15, 0.2) is 0 Å². The fraction of sp³-hybridized carbons (Fsp3) is 0.462. The molecule has 1 aliphatic rings. The number of carbonyl (C=O) groups is 1. The van der Waals surface area contributed by atoms with Crippen molar-refractivity contribution < 1.29 is 9.18 Å². The van der Waals surface area contributed by atoms with Crippen LogP contribution in [0.5, 0.6) is 0 Å². The quantitative estimate of drug-likeness (QED) is 0.886. The van der Waals surface area contributed by atoms with E-state index in [0.717, 1.165) is 12.0 Å². The smallest absolute Gasteiger partial charge is 0.220 e. The van der Waals surface area contributed by atoms with Gasteiger partial charge in [0.1, 0.15) is 5.82 Å². The largest absolute Gasteiger partial charge is 0.355 e. The molecule has 1 amide bonds. The van der Waals surface area contributed by atoms with Crippen molar-refractivity contribution in [3.63, 3.8) is 0 Å². The lowest BCUT2D eigenvalue weighted by Crippen LogP contribution is -2.46. The van der Waals surface area contributed by atoms with Crippen molar-refractivity contribution in [2.45, 2.75) is 31.8 Å². The second kappa shape index (κ2) is 5.67. The van der Waals surface area contributed by atoms with Crippen LogP contribution in [0.25, 0.3) is 0 Å². The van der Waals surface area contributed by atoms with E-state index >= 15 is 0 Å². The minimum atomic E-state index is -0.333. The van der Waals surface area contributed by atoms with E-state index in [1.807, 2.05) is 6.92 Å². The molecule has 2 unspecified atom stereocenters. The lowest BCUT2D eigenvalue weighted by Gasteiger charge is -2.27. The first-order valence-electron chi connectivity index (χ1n) is 6.04. The fourth-order valence-corrected chi connectivity index (χ4v) is 2.50. The van der Waals surface area contributed by atoms with Gasteiger partial charge in [-0.3, -0.25) is 4.79 Å². The van der Waals surface area contributed by atoms with Crippen molar-refractivity contribution in [3.8, 4) is 0 Å². The molecule has 5 heteroatoms. The average molecular weight is 271 g/mol. The number of rotatable bonds is 3. The molecule has 18 heavy (non-hydrogen) atoms. The summed E-state index contributed by atoms with van der Waals surface area (Å²) in [7, 11) is 0. The molecule has 98 valence electrons. The predicted octanol–water partition coefficient (Wildman–Crippen LogP) is 2.41. The summed E-state index contributed by atoms with van der Waals surface area (Å²) in [5.41, 5.74) is 0.870. The molecule has 3 nitrogen and oxygen atoms in total. The first-order chi connectivity index (χ1) is 8.56. The van der Waals surface area contributed by atoms with Crippen molar-refractivity contribution in [1.82, 2.24) is 10.6 Å². The van der Waals surface area contributed by atoms with Gasteiger partial charge in [-0.2, -0.15) is 0 Å². The molecule has 2 atom stereocenters. The number of amides is 1. The Morgan fingerprint density at radius 2 is 2.33 bits per heavy atom. The van der Waals surface area contributed by atoms with Gasteiger partial charge in [-0.25, -0.2) is 4.39 Å². The SMILES string of the molecule is CC(NC1CCC(=O)NC1)c1ccc(F)cc1Cl. The van der Waals surface area contributed by atoms with Gasteiger partial charge >= 0.3 is 0 Å². The number of carbonyl (C=O) groups excluding carboxylic acids is 1. The molecule has 2 rings (SSSR count). The molecule has 0 saturated carbocycles. The second-order valence-corrected chi connectivity index (χ2v) is 5.00. The summed E-state index contributed by atoms with van der Waals surface area (Å²) in [5, 5.41) is 6.64. The predicted molar refractivity (Wildman–Crippen MR) is 69.0 cm³/mol. The Bertz CT molecular complexity index is 443. The van der Waals surface area contributed by atoms with Crippen LogP contribution in [0.2, 0.25) is 5.02 Å². The van der Waals surface area contributed by atoms with E-state index in [1.165, 1.54) is 12.1 Å². The Morgan fingerprint density at radius 3 is 2.94 bits per heavy atom. The number of halogens is 2. The van der Waals surface area contributed by atoms with E-state index in [0.29, 0.717) is 18.0 Å². The molecule has 1 aromatic rings. The first-order valence-corrected chi connectivity index (χ1v) is 6.42. The van der Waals surface area contributed by atoms with Crippen LogP contribution in [0.3, 0.4) is 0 Å². The summed E-state index contributed by atoms with van der Waals surface area (Å²) < 4.78 is 13.0. The summed E-state index contributed by atoms with van der Waals surface area (Å²) in [4.78, 5) is 11.1. The number of benzene rings is 1. The lowest BCUT2D eigenvalue weighted by atomic mass is 10.0. The van der Waals surface area contributed by atoms with Crippen LogP contribution in [0.4, 0.5) is 4.39 Å². The summed E-state index contributed by atoms with van der Waals surface area (Å²) in [6.45, 7) is 2.61. The number of hydrogen-bond donors (Lipinski definition) is 2. The molecule has 1 fully saturated rings. The molecule has 1 aliphatic heterocycles. The van der Waals surface area contributed by atoms with Crippen molar-refractivity contribution in [3.05, 3.63) is 34.6 Å². The molecular formula is C13H16ClFN2O. The van der Waals surface area contributed by atoms with E-state index in [4.69, 9.17) is 11.6 Å². The average Bonchev–Trinajstić information content (AvgIpc) is 2.32. The highest BCUT2D eigenvalue weighted by atomic mass is 35.5. The Morgan fingerprint density at radius 1 is 1.56 bits per heavy atom. The third-order valence-corrected chi connectivity index (χ3v) is 3.51. The van der Waals surface area contributed by atoms with Gasteiger partial charge in [0.25, 0.3) is 0 Å². The van der Waals surface area contributed by atoms with Crippen LogP contribution < -0.4 is 10.6 Å². The minimum Gasteiger partial charge on any atom is -0.355 e. The molecule has 0 aromatic heterocycles. The van der Waals surface area contributed by atoms with Gasteiger partial charge in [0, 0.05) is 30.1 Å². The summed E-state index contributed by atoms with van der Waals surface area (Å²) >= 11 is 6.02. The molecule has 0 aliphatic carbocycles. The lowest BCUT2D eigenvalue weighted by molar-refractivity contribution is -0.122. The number of hydrogen-bond acceptors (Lipinski definition) is 2. The molecule has 0 bridgehead atoms. The van der Waals surface area contributed by atoms with Gasteiger partial charge in [-0.05, 0) is 31.0 Å². The highest BCUT2D eigenvalue weighted by molar-refractivity contribution is 6.31. The Labute approximate surface area is 111 Å². The monoisotopic (exact) mass is 270 g/mol. The zero-order chi connectivity index (χ0) is 13.1. The molecule has 2 N–H and O–H groups in total. The Balaban J connectivity index is 1.98. The minimum absolute atomic E-state index is 0.0260. The van der Waals surface area contributed by atoms with Gasteiger partial charge in [0.2, 0.25) is 5.91 Å². The summed E-state index contributed by atoms with van der Waals surface area (Å²) in [5.74, 6) is -0.235. The van der Waals surface area contributed by atoms with Gasteiger partial charge in [-0.15, -0.1) is 0 Å². The van der Waals surface area contributed by atoms with E-state index < -0.39 is 0 Å². The van der Waals surface area contributed by atoms with E-state index in [-0.39, 0.29) is 23.8 Å². The second-order valence-electron chi connectivity index (χ2n) is 4.59. The van der Waals surface area contributed by atoms with Crippen molar-refractivity contribution >= 4 is 17.5 Å². The maximum absolute atomic E-state index is 13.0. The molecule has 1 saturated heterocycles. The van der Waals surface area contributed by atoms with Gasteiger partial charge in [0.05, 0.1) is 0 Å². The molecule has 0 radical (unpaired) electrons. The van der Waals surface area contributed by atoms with Crippen LogP contribution >= 0.6 is 11.6 Å². The van der Waals surface area contributed by atoms with E-state index in [9.17, 15) is 9.18 Å². The van der Waals surface area contributed by atoms with Crippen LogP contribution in [0.15, 0.2) is 18.2 Å². The fourth-order valence-electron chi connectivity index (χ4n) is 2.17. The van der Waals surface area contributed by atoms with E-state index in [2.05, 4.69) is 10.6 Å². The van der Waals surface area contributed by atoms with Crippen LogP contribution in [-0.2, 0) is 4.79 Å². The van der Waals surface area contributed by atoms with Crippen LogP contribution in [0, 0.1) is 5.82 Å². The molecular weight excluding hydrogens is 255 g/mol. The van der Waals surface area contributed by atoms with Crippen LogP contribution in [-0.4, -0.2) is 18.5 Å². The van der Waals surface area contributed by atoms with Crippen molar-refractivity contribution in [2.24, 2.45) is 0 Å². The normalized spacial score (nSPS) is 21.5. The van der Waals surface area contributed by atoms with E-state index in [1.54, 1.807) is 6.07 Å². The highest BCUT2D eigenvalue weighted by Gasteiger charge is 2.20. The summed E-state index contributed by atoms with van der Waals surface area (Å²) in [6, 6.07) is 4.67. The third-order valence-electron chi connectivity index (χ3n) is 3.18. The molecule has 0 spiro atoms. The zero-order valence-corrected chi connectivity index (χ0v) is 10.9.